The van der Waals surface area contributed by atoms with Crippen LogP contribution < -0.4 is 10.2 Å². The summed E-state index contributed by atoms with van der Waals surface area (Å²) in [6, 6.07) is 7.65. The molecule has 8 heteroatoms. The minimum atomic E-state index is -0.408. The zero-order valence-electron chi connectivity index (χ0n) is 19.5. The summed E-state index contributed by atoms with van der Waals surface area (Å²) in [6.07, 6.45) is 8.98. The van der Waals surface area contributed by atoms with Crippen molar-refractivity contribution in [2.24, 2.45) is 0 Å². The Labute approximate surface area is 195 Å². The number of carbonyl (C=O) groups is 2. The number of nitrogens with zero attached hydrogens (tertiary/aromatic N) is 4. The van der Waals surface area contributed by atoms with E-state index in [4.69, 9.17) is 0 Å². The Morgan fingerprint density at radius 2 is 1.81 bits per heavy atom. The van der Waals surface area contributed by atoms with Gasteiger partial charge in [-0.25, -0.2) is 0 Å². The number of nitrogens with one attached hydrogen (secondary N) is 1. The van der Waals surface area contributed by atoms with E-state index in [0.29, 0.717) is 24.5 Å². The molecule has 3 rings (SSSR count). The second-order valence-electron chi connectivity index (χ2n) is 8.61. The van der Waals surface area contributed by atoms with Crippen LogP contribution in [0, 0.1) is 0 Å². The van der Waals surface area contributed by atoms with Crippen molar-refractivity contribution >= 4 is 34.0 Å². The Balaban J connectivity index is 1.52. The third-order valence-corrected chi connectivity index (χ3v) is 6.79. The Hall–Kier alpha value is -2.48. The number of rotatable bonds is 11. The number of anilines is 2. The Morgan fingerprint density at radius 3 is 2.53 bits per heavy atom. The van der Waals surface area contributed by atoms with Crippen LogP contribution in [-0.2, 0) is 9.59 Å². The number of benzene rings is 1. The highest BCUT2D eigenvalue weighted by Crippen LogP contribution is 2.29. The molecule has 0 bridgehead atoms. The first-order valence-corrected chi connectivity index (χ1v) is 12.5. The fraction of sp³-hybridized carbons (Fsp3) is 0.583. The number of unbranched alkanes of at least 4 members (excludes halogenated alkanes) is 5. The second kappa shape index (κ2) is 11.9. The van der Waals surface area contributed by atoms with Crippen LogP contribution in [0.25, 0.3) is 10.6 Å². The highest BCUT2D eigenvalue weighted by Gasteiger charge is 2.34. The lowest BCUT2D eigenvalue weighted by Crippen LogP contribution is -2.43. The van der Waals surface area contributed by atoms with Crippen molar-refractivity contribution < 1.29 is 9.59 Å². The summed E-state index contributed by atoms with van der Waals surface area (Å²) in [5.41, 5.74) is 2.07. The molecule has 1 aromatic carbocycles. The SMILES string of the molecule is CCCCCCCCC(=O)N1CCC[C@H]1C(=O)Nc1nnc(-c2ccc(N(C)C)cc2)s1. The molecule has 1 aliphatic rings. The van der Waals surface area contributed by atoms with Crippen molar-refractivity contribution in [3.05, 3.63) is 24.3 Å². The summed E-state index contributed by atoms with van der Waals surface area (Å²) in [4.78, 5) is 29.3. The predicted octanol–water partition coefficient (Wildman–Crippen LogP) is 4.95. The quantitative estimate of drug-likeness (QED) is 0.483. The molecule has 1 fully saturated rings. The third-order valence-electron chi connectivity index (χ3n) is 5.91. The summed E-state index contributed by atoms with van der Waals surface area (Å²) in [5.74, 6) is -0.0680. The number of hydrogen-bond donors (Lipinski definition) is 1. The normalized spacial score (nSPS) is 15.7. The molecule has 0 aliphatic carbocycles. The van der Waals surface area contributed by atoms with Crippen LogP contribution in [0.4, 0.5) is 10.8 Å². The molecule has 1 N–H and O–H groups in total. The fourth-order valence-electron chi connectivity index (χ4n) is 4.02. The number of aromatic nitrogens is 2. The van der Waals surface area contributed by atoms with Gasteiger partial charge in [-0.2, -0.15) is 0 Å². The molecule has 1 aliphatic heterocycles. The van der Waals surface area contributed by atoms with E-state index in [1.54, 1.807) is 4.90 Å². The maximum absolute atomic E-state index is 12.9. The first kappa shape index (κ1) is 24.2. The van der Waals surface area contributed by atoms with Crippen molar-refractivity contribution in [1.29, 1.82) is 0 Å². The number of carbonyl (C=O) groups excluding carboxylic acids is 2. The average Bonchev–Trinajstić information content (AvgIpc) is 3.46. The van der Waals surface area contributed by atoms with Crippen molar-refractivity contribution in [2.75, 3.05) is 30.9 Å². The first-order valence-electron chi connectivity index (χ1n) is 11.7. The van der Waals surface area contributed by atoms with Gasteiger partial charge in [-0.1, -0.05) is 50.4 Å². The summed E-state index contributed by atoms with van der Waals surface area (Å²) >= 11 is 1.35. The molecule has 1 saturated heterocycles. The first-order chi connectivity index (χ1) is 15.5. The van der Waals surface area contributed by atoms with E-state index >= 15 is 0 Å². The zero-order valence-corrected chi connectivity index (χ0v) is 20.3. The van der Waals surface area contributed by atoms with Gasteiger partial charge in [0.1, 0.15) is 11.0 Å². The summed E-state index contributed by atoms with van der Waals surface area (Å²) in [6.45, 7) is 2.86. The minimum absolute atomic E-state index is 0.0945. The minimum Gasteiger partial charge on any atom is -0.378 e. The van der Waals surface area contributed by atoms with E-state index in [0.717, 1.165) is 35.5 Å². The molecule has 0 spiro atoms. The Kier molecular flexibility index (Phi) is 9.02. The van der Waals surface area contributed by atoms with Gasteiger partial charge >= 0.3 is 0 Å². The van der Waals surface area contributed by atoms with E-state index in [-0.39, 0.29) is 11.8 Å². The summed E-state index contributed by atoms with van der Waals surface area (Å²) < 4.78 is 0. The van der Waals surface area contributed by atoms with Crippen LogP contribution in [0.1, 0.15) is 64.7 Å². The molecular formula is C24H35N5O2S. The van der Waals surface area contributed by atoms with E-state index in [2.05, 4.69) is 22.4 Å². The number of hydrogen-bond acceptors (Lipinski definition) is 6. The smallest absolute Gasteiger partial charge is 0.249 e. The van der Waals surface area contributed by atoms with Crippen LogP contribution in [-0.4, -0.2) is 53.6 Å². The number of amides is 2. The molecule has 2 amide bonds. The van der Waals surface area contributed by atoms with E-state index in [9.17, 15) is 9.59 Å². The molecule has 32 heavy (non-hydrogen) atoms. The van der Waals surface area contributed by atoms with Gasteiger partial charge in [-0.05, 0) is 43.5 Å². The van der Waals surface area contributed by atoms with E-state index < -0.39 is 6.04 Å². The van der Waals surface area contributed by atoms with Gasteiger partial charge in [0.2, 0.25) is 16.9 Å². The van der Waals surface area contributed by atoms with Crippen LogP contribution in [0.15, 0.2) is 24.3 Å². The monoisotopic (exact) mass is 457 g/mol. The van der Waals surface area contributed by atoms with Gasteiger partial charge in [-0.3, -0.25) is 14.9 Å². The van der Waals surface area contributed by atoms with Gasteiger partial charge < -0.3 is 9.80 Å². The third kappa shape index (κ3) is 6.51. The van der Waals surface area contributed by atoms with Crippen LogP contribution in [0.5, 0.6) is 0 Å². The van der Waals surface area contributed by atoms with Crippen molar-refractivity contribution in [2.45, 2.75) is 70.8 Å². The maximum atomic E-state index is 12.9. The number of likely N-dealkylation sites (tertiary alicyclic amines) is 1. The van der Waals surface area contributed by atoms with Gasteiger partial charge in [0.25, 0.3) is 0 Å². The largest absolute Gasteiger partial charge is 0.378 e. The molecule has 0 radical (unpaired) electrons. The highest BCUT2D eigenvalue weighted by atomic mass is 32.1. The molecule has 1 aromatic heterocycles. The van der Waals surface area contributed by atoms with Gasteiger partial charge in [0, 0.05) is 38.3 Å². The van der Waals surface area contributed by atoms with E-state index in [1.165, 1.54) is 37.0 Å². The van der Waals surface area contributed by atoms with Crippen molar-refractivity contribution in [3.63, 3.8) is 0 Å². The van der Waals surface area contributed by atoms with Crippen molar-refractivity contribution in [1.82, 2.24) is 15.1 Å². The zero-order chi connectivity index (χ0) is 22.9. The lowest BCUT2D eigenvalue weighted by atomic mass is 10.1. The lowest BCUT2D eigenvalue weighted by molar-refractivity contribution is -0.136. The standard InChI is InChI=1S/C24H35N5O2S/c1-4-5-6-7-8-9-12-21(30)29-17-10-11-20(29)22(31)25-24-27-26-23(32-24)18-13-15-19(16-14-18)28(2)3/h13-16,20H,4-12,17H2,1-3H3,(H,25,27,31)/t20-/m0/s1. The molecule has 2 aromatic rings. The van der Waals surface area contributed by atoms with Crippen LogP contribution in [0.3, 0.4) is 0 Å². The average molecular weight is 458 g/mol. The molecule has 2 heterocycles. The molecule has 174 valence electrons. The van der Waals surface area contributed by atoms with E-state index in [1.807, 2.05) is 43.3 Å². The van der Waals surface area contributed by atoms with Gasteiger partial charge in [-0.15, -0.1) is 10.2 Å². The Bertz CT molecular complexity index is 881. The summed E-state index contributed by atoms with van der Waals surface area (Å²) in [7, 11) is 4.00. The predicted molar refractivity (Wildman–Crippen MR) is 131 cm³/mol. The maximum Gasteiger partial charge on any atom is 0.249 e. The fourth-order valence-corrected chi connectivity index (χ4v) is 4.77. The highest BCUT2D eigenvalue weighted by molar-refractivity contribution is 7.18. The molecular weight excluding hydrogens is 422 g/mol. The van der Waals surface area contributed by atoms with Gasteiger partial charge in [0.05, 0.1) is 0 Å². The van der Waals surface area contributed by atoms with Gasteiger partial charge in [0.15, 0.2) is 0 Å². The molecule has 7 nitrogen and oxygen atoms in total. The lowest BCUT2D eigenvalue weighted by Gasteiger charge is -2.23. The molecule has 0 unspecified atom stereocenters. The molecule has 0 saturated carbocycles. The summed E-state index contributed by atoms with van der Waals surface area (Å²) in [5, 5.41) is 12.5. The Morgan fingerprint density at radius 1 is 1.09 bits per heavy atom. The topological polar surface area (TPSA) is 78.4 Å². The second-order valence-corrected chi connectivity index (χ2v) is 9.58. The van der Waals surface area contributed by atoms with Crippen molar-refractivity contribution in [3.8, 4) is 10.6 Å². The molecule has 1 atom stereocenters. The van der Waals surface area contributed by atoms with Crippen LogP contribution >= 0.6 is 11.3 Å². The van der Waals surface area contributed by atoms with Crippen LogP contribution in [0.2, 0.25) is 0 Å².